The van der Waals surface area contributed by atoms with Crippen LogP contribution in [0.3, 0.4) is 0 Å². The van der Waals surface area contributed by atoms with Crippen molar-refractivity contribution >= 4 is 81.1 Å². The Kier molecular flexibility index (Phi) is 11.9. The molecule has 0 spiro atoms. The van der Waals surface area contributed by atoms with Gasteiger partial charge in [-0.3, -0.25) is 0 Å². The van der Waals surface area contributed by atoms with E-state index in [4.69, 9.17) is 13.3 Å². The van der Waals surface area contributed by atoms with Gasteiger partial charge in [0, 0.05) is 52.0 Å². The normalized spacial score (nSPS) is 11.9. The second-order valence-corrected chi connectivity index (χ2v) is 16.6. The average Bonchev–Trinajstić information content (AvgIpc) is 4.21. The molecule has 3 aromatic heterocycles. The zero-order valence-electron chi connectivity index (χ0n) is 38.2. The highest BCUT2D eigenvalue weighted by Gasteiger charge is 2.17. The first-order valence-electron chi connectivity index (χ1n) is 22.9. The van der Waals surface area contributed by atoms with Crippen LogP contribution in [-0.4, -0.2) is 30.6 Å². The fourth-order valence-corrected chi connectivity index (χ4v) is 8.21. The molecule has 0 bridgehead atoms. The third-order valence-corrected chi connectivity index (χ3v) is 11.9. The zero-order valence-corrected chi connectivity index (χ0v) is 38.2. The van der Waals surface area contributed by atoms with Crippen LogP contribution in [0.15, 0.2) is 195 Å². The highest BCUT2D eigenvalue weighted by Crippen LogP contribution is 2.38. The predicted octanol–water partition coefficient (Wildman–Crippen LogP) is 15.5. The fourth-order valence-electron chi connectivity index (χ4n) is 8.21. The van der Waals surface area contributed by atoms with E-state index in [2.05, 4.69) is 127 Å². The van der Waals surface area contributed by atoms with Crippen LogP contribution in [0.4, 0.5) is 17.1 Å². The van der Waals surface area contributed by atoms with Crippen LogP contribution in [-0.2, 0) is 0 Å². The minimum Gasteiger partial charge on any atom is -0.417 e. The van der Waals surface area contributed by atoms with E-state index < -0.39 is 0 Å². The summed E-state index contributed by atoms with van der Waals surface area (Å²) in [5, 5.41) is 30.7. The predicted molar refractivity (Wildman–Crippen MR) is 282 cm³/mol. The number of allylic oxidation sites excluding steroid dienone is 1. The molecule has 0 aliphatic carbocycles. The molecule has 8 aromatic carbocycles. The molecule has 10 nitrogen and oxygen atoms in total. The fraction of sp³-hybridized carbons (Fsp3) is 0.0333. The van der Waals surface area contributed by atoms with Gasteiger partial charge in [0.05, 0.1) is 0 Å². The molecule has 0 amide bonds. The van der Waals surface area contributed by atoms with Crippen LogP contribution in [0.5, 0.6) is 0 Å². The Hall–Kier alpha value is -9.54. The van der Waals surface area contributed by atoms with Crippen molar-refractivity contribution in [2.75, 3.05) is 4.90 Å². The second-order valence-electron chi connectivity index (χ2n) is 16.6. The Morgan fingerprint density at radius 2 is 0.729 bits per heavy atom. The van der Waals surface area contributed by atoms with E-state index in [9.17, 15) is 0 Å². The molecule has 0 N–H and O–H groups in total. The number of hydrogen-bond donors (Lipinski definition) is 0. The van der Waals surface area contributed by atoms with Gasteiger partial charge in [-0.2, -0.15) is 0 Å². The van der Waals surface area contributed by atoms with Crippen LogP contribution >= 0.6 is 0 Å². The van der Waals surface area contributed by atoms with Gasteiger partial charge < -0.3 is 18.2 Å². The van der Waals surface area contributed by atoms with Crippen LogP contribution in [0.1, 0.15) is 52.4 Å². The maximum atomic E-state index is 6.10. The molecule has 0 saturated heterocycles. The van der Waals surface area contributed by atoms with Crippen molar-refractivity contribution in [2.24, 2.45) is 0 Å². The first kappa shape index (κ1) is 43.1. The van der Waals surface area contributed by atoms with Gasteiger partial charge >= 0.3 is 0 Å². The van der Waals surface area contributed by atoms with E-state index in [0.29, 0.717) is 35.3 Å². The average molecular weight is 910 g/mol. The number of fused-ring (bicyclic) bond motifs is 2. The summed E-state index contributed by atoms with van der Waals surface area (Å²) in [5.74, 6) is 2.50. The number of benzene rings is 8. The molecule has 3 heterocycles. The van der Waals surface area contributed by atoms with Gasteiger partial charge in [-0.1, -0.05) is 97.1 Å². The summed E-state index contributed by atoms with van der Waals surface area (Å²) in [5.41, 5.74) is 10.6. The Bertz CT molecular complexity index is 3580. The Balaban J connectivity index is 0.848. The molecule has 0 aliphatic heterocycles. The van der Waals surface area contributed by atoms with Gasteiger partial charge in [-0.15, -0.1) is 30.6 Å². The summed E-state index contributed by atoms with van der Waals surface area (Å²) in [6, 6.07) is 59.6. The van der Waals surface area contributed by atoms with Gasteiger partial charge in [0.25, 0.3) is 0 Å². The molecular weight excluding hydrogens is 867 g/mol. The topological polar surface area (TPSA) is 120 Å². The lowest BCUT2D eigenvalue weighted by molar-refractivity contribution is 0.557. The third kappa shape index (κ3) is 9.51. The molecule has 0 fully saturated rings. The van der Waals surface area contributed by atoms with Gasteiger partial charge in [-0.05, 0) is 172 Å². The molecule has 0 unspecified atom stereocenters. The van der Waals surface area contributed by atoms with E-state index in [1.54, 1.807) is 0 Å². The quantitative estimate of drug-likeness (QED) is 0.111. The van der Waals surface area contributed by atoms with Gasteiger partial charge in [0.15, 0.2) is 0 Å². The minimum absolute atomic E-state index is 0.415. The van der Waals surface area contributed by atoms with Crippen molar-refractivity contribution in [3.8, 4) is 34.4 Å². The van der Waals surface area contributed by atoms with Gasteiger partial charge in [-0.25, -0.2) is 0 Å². The van der Waals surface area contributed by atoms with Crippen LogP contribution in [0.2, 0.25) is 0 Å². The molecule has 0 radical (unpaired) electrons. The number of hydrogen-bond acceptors (Lipinski definition) is 10. The number of rotatable bonds is 13. The molecule has 10 heteroatoms. The number of aromatic nitrogens is 6. The third-order valence-electron chi connectivity index (χ3n) is 11.9. The van der Waals surface area contributed by atoms with Crippen LogP contribution < -0.4 is 4.90 Å². The molecule has 336 valence electrons. The van der Waals surface area contributed by atoms with E-state index in [1.165, 1.54) is 32.7 Å². The summed E-state index contributed by atoms with van der Waals surface area (Å²) in [4.78, 5) is 2.15. The lowest BCUT2D eigenvalue weighted by atomic mass is 10.0. The van der Waals surface area contributed by atoms with E-state index in [-0.39, 0.29) is 0 Å². The lowest BCUT2D eigenvalue weighted by Crippen LogP contribution is -2.09. The SMILES string of the molecule is C/C=C\c1cc(/C=C/c2nnc(-c3ccc(N(c4ccc(-c5nnc(/C=C/c6ccc7ccccc7c6)o5)cc4)c4ccc(-c5nnc(/C=C/c6ccc7ccccc7c6)o5)cc4)cc3)o2)ccc1C. The summed E-state index contributed by atoms with van der Waals surface area (Å²) < 4.78 is 18.3. The van der Waals surface area contributed by atoms with E-state index in [0.717, 1.165) is 50.4 Å². The Labute approximate surface area is 404 Å². The van der Waals surface area contributed by atoms with E-state index in [1.807, 2.05) is 147 Å². The first-order chi connectivity index (χ1) is 34.5. The maximum Gasteiger partial charge on any atom is 0.248 e. The maximum absolute atomic E-state index is 6.10. The summed E-state index contributed by atoms with van der Waals surface area (Å²) in [6.45, 7) is 4.12. The highest BCUT2D eigenvalue weighted by atomic mass is 16.4. The van der Waals surface area contributed by atoms with Gasteiger partial charge in [0.1, 0.15) is 0 Å². The van der Waals surface area contributed by atoms with Crippen LogP contribution in [0.25, 0.3) is 98.4 Å². The van der Waals surface area contributed by atoms with Crippen molar-refractivity contribution < 1.29 is 13.3 Å². The van der Waals surface area contributed by atoms with Crippen molar-refractivity contribution in [2.45, 2.75) is 13.8 Å². The summed E-state index contributed by atoms with van der Waals surface area (Å²) in [7, 11) is 0. The Morgan fingerprint density at radius 3 is 1.13 bits per heavy atom. The smallest absolute Gasteiger partial charge is 0.248 e. The van der Waals surface area contributed by atoms with Crippen molar-refractivity contribution in [3.63, 3.8) is 0 Å². The van der Waals surface area contributed by atoms with Crippen molar-refractivity contribution in [1.29, 1.82) is 0 Å². The Morgan fingerprint density at radius 1 is 0.357 bits per heavy atom. The van der Waals surface area contributed by atoms with Gasteiger partial charge in [0.2, 0.25) is 35.3 Å². The molecule has 70 heavy (non-hydrogen) atoms. The molecule has 11 aromatic rings. The second kappa shape index (κ2) is 19.4. The number of nitrogens with zero attached hydrogens (tertiary/aromatic N) is 7. The molecule has 0 saturated carbocycles. The molecule has 0 atom stereocenters. The van der Waals surface area contributed by atoms with Crippen molar-refractivity contribution in [3.05, 3.63) is 227 Å². The zero-order chi connectivity index (χ0) is 47.2. The van der Waals surface area contributed by atoms with E-state index >= 15 is 0 Å². The number of aryl methyl sites for hydroxylation is 1. The summed E-state index contributed by atoms with van der Waals surface area (Å²) >= 11 is 0. The lowest BCUT2D eigenvalue weighted by Gasteiger charge is -2.25. The minimum atomic E-state index is 0.415. The number of anilines is 3. The molecular formula is C60H43N7O3. The van der Waals surface area contributed by atoms with Crippen molar-refractivity contribution in [1.82, 2.24) is 30.6 Å². The molecule has 11 rings (SSSR count). The van der Waals surface area contributed by atoms with Crippen LogP contribution in [0, 0.1) is 6.92 Å². The summed E-state index contributed by atoms with van der Waals surface area (Å²) in [6.07, 6.45) is 15.6. The largest absolute Gasteiger partial charge is 0.417 e. The standard InChI is InChI=1S/C60H43N7O3/c1-3-8-49-37-41(14-13-40(49)2)17-34-55-61-64-58(68-55)46-22-28-52(29-23-46)67(53-30-24-47(25-31-53)59-65-62-56(69-59)35-18-42-15-20-44-9-4-6-11-50(44)38-42)54-32-26-48(27-33-54)60-66-63-57(70-60)36-19-43-16-21-45-10-5-7-12-51(45)39-43/h3-39H,1-2H3/b8-3-,34-17+,35-18+,36-19+. The molecule has 0 aliphatic rings. The monoisotopic (exact) mass is 909 g/mol. The highest BCUT2D eigenvalue weighted by molar-refractivity contribution is 5.87. The first-order valence-corrected chi connectivity index (χ1v) is 22.9.